The van der Waals surface area contributed by atoms with E-state index in [0.717, 1.165) is 26.1 Å². The van der Waals surface area contributed by atoms with E-state index in [1.807, 2.05) is 49.4 Å². The fourth-order valence-corrected chi connectivity index (χ4v) is 2.85. The van der Waals surface area contributed by atoms with Crippen molar-refractivity contribution in [1.29, 1.82) is 0 Å². The molecule has 2 aromatic rings. The second-order valence-electron chi connectivity index (χ2n) is 4.26. The first-order valence-corrected chi connectivity index (χ1v) is 7.16. The van der Waals surface area contributed by atoms with Gasteiger partial charge in [-0.3, -0.25) is 0 Å². The first-order chi connectivity index (χ1) is 9.10. The molecule has 0 heterocycles. The summed E-state index contributed by atoms with van der Waals surface area (Å²) in [6, 6.07) is 13.8. The van der Waals surface area contributed by atoms with E-state index in [-0.39, 0.29) is 6.04 Å². The van der Waals surface area contributed by atoms with Crippen LogP contribution >= 0.6 is 23.4 Å². The van der Waals surface area contributed by atoms with Gasteiger partial charge in [-0.1, -0.05) is 35.5 Å². The Labute approximate surface area is 122 Å². The Morgan fingerprint density at radius 2 is 2.00 bits per heavy atom. The molecule has 2 rings (SSSR count). The van der Waals surface area contributed by atoms with E-state index in [9.17, 15) is 0 Å². The van der Waals surface area contributed by atoms with Crippen molar-refractivity contribution in [3.63, 3.8) is 0 Å². The summed E-state index contributed by atoms with van der Waals surface area (Å²) in [6.07, 6.45) is 0. The lowest BCUT2D eigenvalue weighted by Crippen LogP contribution is -2.04. The van der Waals surface area contributed by atoms with Gasteiger partial charge in [0.2, 0.25) is 0 Å². The SMILES string of the molecule is COc1cccc(Sc2ccc([C@H](C)N)cc2Cl)c1. The summed E-state index contributed by atoms with van der Waals surface area (Å²) >= 11 is 7.90. The number of rotatable bonds is 4. The molecule has 100 valence electrons. The molecular formula is C15H16ClNOS. The van der Waals surface area contributed by atoms with Crippen LogP contribution in [-0.2, 0) is 0 Å². The van der Waals surface area contributed by atoms with Gasteiger partial charge in [0.1, 0.15) is 5.75 Å². The van der Waals surface area contributed by atoms with Crippen molar-refractivity contribution >= 4 is 23.4 Å². The van der Waals surface area contributed by atoms with Crippen LogP contribution in [0.2, 0.25) is 5.02 Å². The number of hydrogen-bond donors (Lipinski definition) is 1. The molecule has 0 aliphatic carbocycles. The standard InChI is InChI=1S/C15H16ClNOS/c1-10(17)11-6-7-15(14(16)8-11)19-13-5-3-4-12(9-13)18-2/h3-10H,17H2,1-2H3/t10-/m0/s1. The average molecular weight is 294 g/mol. The van der Waals surface area contributed by atoms with Crippen molar-refractivity contribution in [1.82, 2.24) is 0 Å². The predicted molar refractivity (Wildman–Crippen MR) is 81.2 cm³/mol. The number of halogens is 1. The lowest BCUT2D eigenvalue weighted by Gasteiger charge is -2.10. The topological polar surface area (TPSA) is 35.2 Å². The molecule has 19 heavy (non-hydrogen) atoms. The first-order valence-electron chi connectivity index (χ1n) is 5.97. The summed E-state index contributed by atoms with van der Waals surface area (Å²) in [4.78, 5) is 2.11. The number of nitrogens with two attached hydrogens (primary N) is 1. The molecule has 0 amide bonds. The molecular weight excluding hydrogens is 278 g/mol. The van der Waals surface area contributed by atoms with Gasteiger partial charge in [-0.15, -0.1) is 0 Å². The van der Waals surface area contributed by atoms with E-state index in [4.69, 9.17) is 22.1 Å². The molecule has 0 saturated carbocycles. The molecule has 0 radical (unpaired) electrons. The molecule has 0 aliphatic rings. The molecule has 0 unspecified atom stereocenters. The third-order valence-corrected chi connectivity index (χ3v) is 4.24. The molecule has 0 fully saturated rings. The maximum Gasteiger partial charge on any atom is 0.119 e. The van der Waals surface area contributed by atoms with Crippen molar-refractivity contribution in [2.75, 3.05) is 7.11 Å². The molecule has 4 heteroatoms. The van der Waals surface area contributed by atoms with Crippen LogP contribution in [0.1, 0.15) is 18.5 Å². The van der Waals surface area contributed by atoms with E-state index in [1.165, 1.54) is 0 Å². The zero-order valence-electron chi connectivity index (χ0n) is 10.9. The Kier molecular flexibility index (Phi) is 4.75. The van der Waals surface area contributed by atoms with E-state index < -0.39 is 0 Å². The Morgan fingerprint density at radius 1 is 1.21 bits per heavy atom. The highest BCUT2D eigenvalue weighted by molar-refractivity contribution is 7.99. The molecule has 0 bridgehead atoms. The molecule has 0 aliphatic heterocycles. The molecule has 0 spiro atoms. The van der Waals surface area contributed by atoms with Crippen molar-refractivity contribution in [3.05, 3.63) is 53.1 Å². The largest absolute Gasteiger partial charge is 0.497 e. The second-order valence-corrected chi connectivity index (χ2v) is 5.78. The van der Waals surface area contributed by atoms with Crippen LogP contribution in [0.25, 0.3) is 0 Å². The van der Waals surface area contributed by atoms with Crippen molar-refractivity contribution in [2.45, 2.75) is 22.8 Å². The van der Waals surface area contributed by atoms with Gasteiger partial charge in [0, 0.05) is 15.8 Å². The molecule has 0 aromatic heterocycles. The maximum absolute atomic E-state index is 6.29. The van der Waals surface area contributed by atoms with Gasteiger partial charge in [-0.2, -0.15) is 0 Å². The number of benzene rings is 2. The highest BCUT2D eigenvalue weighted by atomic mass is 35.5. The lowest BCUT2D eigenvalue weighted by atomic mass is 10.1. The summed E-state index contributed by atoms with van der Waals surface area (Å²) < 4.78 is 5.21. The summed E-state index contributed by atoms with van der Waals surface area (Å²) in [6.45, 7) is 1.94. The van der Waals surface area contributed by atoms with Gasteiger partial charge in [-0.05, 0) is 42.8 Å². The third kappa shape index (κ3) is 3.66. The Bertz CT molecular complexity index is 572. The summed E-state index contributed by atoms with van der Waals surface area (Å²) in [5, 5.41) is 0.725. The molecule has 2 nitrogen and oxygen atoms in total. The number of ether oxygens (including phenoxy) is 1. The maximum atomic E-state index is 6.29. The fourth-order valence-electron chi connectivity index (χ4n) is 1.67. The van der Waals surface area contributed by atoms with Crippen LogP contribution in [0.3, 0.4) is 0 Å². The molecule has 0 saturated heterocycles. The molecule has 2 N–H and O–H groups in total. The Balaban J connectivity index is 2.23. The van der Waals surface area contributed by atoms with E-state index >= 15 is 0 Å². The van der Waals surface area contributed by atoms with Crippen LogP contribution < -0.4 is 10.5 Å². The van der Waals surface area contributed by atoms with Gasteiger partial charge in [0.15, 0.2) is 0 Å². The molecule has 1 atom stereocenters. The molecule has 2 aromatic carbocycles. The summed E-state index contributed by atoms with van der Waals surface area (Å²) in [5.74, 6) is 0.841. The van der Waals surface area contributed by atoms with Crippen LogP contribution in [0.4, 0.5) is 0 Å². The monoisotopic (exact) mass is 293 g/mol. The highest BCUT2D eigenvalue weighted by Gasteiger charge is 2.07. The number of methoxy groups -OCH3 is 1. The average Bonchev–Trinajstić information content (AvgIpc) is 2.41. The van der Waals surface area contributed by atoms with Crippen LogP contribution in [0, 0.1) is 0 Å². The minimum Gasteiger partial charge on any atom is -0.497 e. The highest BCUT2D eigenvalue weighted by Crippen LogP contribution is 2.35. The third-order valence-electron chi connectivity index (χ3n) is 2.75. The normalized spacial score (nSPS) is 12.2. The van der Waals surface area contributed by atoms with Crippen LogP contribution in [0.15, 0.2) is 52.3 Å². The van der Waals surface area contributed by atoms with Gasteiger partial charge >= 0.3 is 0 Å². The Morgan fingerprint density at radius 3 is 2.63 bits per heavy atom. The van der Waals surface area contributed by atoms with Crippen LogP contribution in [-0.4, -0.2) is 7.11 Å². The summed E-state index contributed by atoms with van der Waals surface area (Å²) in [7, 11) is 1.66. The van der Waals surface area contributed by atoms with Gasteiger partial charge in [0.25, 0.3) is 0 Å². The van der Waals surface area contributed by atoms with E-state index in [2.05, 4.69) is 0 Å². The van der Waals surface area contributed by atoms with E-state index in [0.29, 0.717) is 0 Å². The minimum atomic E-state index is -0.00614. The zero-order valence-corrected chi connectivity index (χ0v) is 12.5. The number of hydrogen-bond acceptors (Lipinski definition) is 3. The smallest absolute Gasteiger partial charge is 0.119 e. The van der Waals surface area contributed by atoms with Crippen molar-refractivity contribution in [3.8, 4) is 5.75 Å². The Hall–Kier alpha value is -1.16. The predicted octanol–water partition coefficient (Wildman–Crippen LogP) is 4.52. The van der Waals surface area contributed by atoms with Gasteiger partial charge < -0.3 is 10.5 Å². The van der Waals surface area contributed by atoms with E-state index in [1.54, 1.807) is 18.9 Å². The first kappa shape index (κ1) is 14.3. The lowest BCUT2D eigenvalue weighted by molar-refractivity contribution is 0.413. The second kappa shape index (κ2) is 6.33. The quantitative estimate of drug-likeness (QED) is 0.900. The van der Waals surface area contributed by atoms with Gasteiger partial charge in [0.05, 0.1) is 12.1 Å². The van der Waals surface area contributed by atoms with Crippen LogP contribution in [0.5, 0.6) is 5.75 Å². The minimum absolute atomic E-state index is 0.00614. The van der Waals surface area contributed by atoms with Crippen molar-refractivity contribution < 1.29 is 4.74 Å². The summed E-state index contributed by atoms with van der Waals surface area (Å²) in [5.41, 5.74) is 6.88. The fraction of sp³-hybridized carbons (Fsp3) is 0.200. The van der Waals surface area contributed by atoms with Crippen molar-refractivity contribution in [2.24, 2.45) is 5.73 Å². The zero-order chi connectivity index (χ0) is 13.8. The van der Waals surface area contributed by atoms with Gasteiger partial charge in [-0.25, -0.2) is 0 Å².